The van der Waals surface area contributed by atoms with Crippen molar-refractivity contribution < 1.29 is 29.0 Å². The van der Waals surface area contributed by atoms with E-state index in [0.717, 1.165) is 4.90 Å². The minimum absolute atomic E-state index is 0.0589. The van der Waals surface area contributed by atoms with E-state index in [-0.39, 0.29) is 32.0 Å². The molecule has 0 spiro atoms. The van der Waals surface area contributed by atoms with Crippen LogP contribution >= 0.6 is 35.0 Å². The Bertz CT molecular complexity index is 1130. The molecule has 1 saturated heterocycles. The van der Waals surface area contributed by atoms with Gasteiger partial charge in [-0.1, -0.05) is 29.3 Å². The summed E-state index contributed by atoms with van der Waals surface area (Å²) in [5.41, 5.74) is 0.814. The monoisotopic (exact) mass is 480 g/mol. The number of methoxy groups -OCH3 is 1. The van der Waals surface area contributed by atoms with Crippen LogP contribution in [-0.2, 0) is 14.3 Å². The van der Waals surface area contributed by atoms with E-state index in [9.17, 15) is 24.3 Å². The largest absolute Gasteiger partial charge is 0.506 e. The summed E-state index contributed by atoms with van der Waals surface area (Å²) in [7, 11) is 1.20. The first-order chi connectivity index (χ1) is 14.7. The van der Waals surface area contributed by atoms with Crippen molar-refractivity contribution in [3.05, 3.63) is 62.5 Å². The molecule has 1 heterocycles. The SMILES string of the molecule is COC(=O)c1cc(NC(=O)CN2C(=O)S/C(=C/c3ccc(O)c(Cl)c3)C2=O)ccc1Cl. The number of phenolic OH excluding ortho intramolecular Hbond substituents is 1. The number of phenols is 1. The minimum atomic E-state index is -0.675. The van der Waals surface area contributed by atoms with Crippen LogP contribution in [0.3, 0.4) is 0 Å². The molecule has 1 aliphatic rings. The zero-order chi connectivity index (χ0) is 22.7. The maximum absolute atomic E-state index is 12.6. The van der Waals surface area contributed by atoms with E-state index in [0.29, 0.717) is 17.3 Å². The zero-order valence-electron chi connectivity index (χ0n) is 15.8. The van der Waals surface area contributed by atoms with Crippen LogP contribution in [0.2, 0.25) is 10.0 Å². The number of benzene rings is 2. The molecule has 31 heavy (non-hydrogen) atoms. The standard InChI is InChI=1S/C20H14Cl2N2O6S/c1-30-19(28)12-8-11(3-4-13(12)21)23-17(26)9-24-18(27)16(31-20(24)29)7-10-2-5-15(25)14(22)6-10/h2-8,25H,9H2,1H3,(H,23,26)/b16-7+. The fourth-order valence-electron chi connectivity index (χ4n) is 2.61. The number of hydrogen-bond donors (Lipinski definition) is 2. The van der Waals surface area contributed by atoms with Crippen molar-refractivity contribution in [1.29, 1.82) is 0 Å². The predicted octanol–water partition coefficient (Wildman–Crippen LogP) is 4.16. The Morgan fingerprint density at radius 2 is 1.90 bits per heavy atom. The number of nitrogens with one attached hydrogen (secondary N) is 1. The number of carbonyl (C=O) groups excluding carboxylic acids is 4. The summed E-state index contributed by atoms with van der Waals surface area (Å²) in [6.45, 7) is -0.519. The van der Waals surface area contributed by atoms with Crippen LogP contribution in [0.1, 0.15) is 15.9 Å². The Kier molecular flexibility index (Phi) is 6.89. The number of carbonyl (C=O) groups is 4. The predicted molar refractivity (Wildman–Crippen MR) is 117 cm³/mol. The van der Waals surface area contributed by atoms with Gasteiger partial charge in [0.15, 0.2) is 0 Å². The van der Waals surface area contributed by atoms with Crippen molar-refractivity contribution in [2.45, 2.75) is 0 Å². The van der Waals surface area contributed by atoms with Gasteiger partial charge in [-0.25, -0.2) is 4.79 Å². The summed E-state index contributed by atoms with van der Waals surface area (Å²) in [5.74, 6) is -2.07. The van der Waals surface area contributed by atoms with E-state index >= 15 is 0 Å². The molecule has 0 aromatic heterocycles. The Labute approximate surface area is 190 Å². The summed E-state index contributed by atoms with van der Waals surface area (Å²) in [6.07, 6.45) is 1.44. The molecule has 1 fully saturated rings. The van der Waals surface area contributed by atoms with Crippen LogP contribution in [0.15, 0.2) is 41.3 Å². The number of anilines is 1. The number of ether oxygens (including phenoxy) is 1. The van der Waals surface area contributed by atoms with Crippen LogP contribution < -0.4 is 5.32 Å². The van der Waals surface area contributed by atoms with Crippen LogP contribution in [0.5, 0.6) is 5.75 Å². The normalized spacial score (nSPS) is 14.8. The van der Waals surface area contributed by atoms with Gasteiger partial charge in [-0.2, -0.15) is 0 Å². The van der Waals surface area contributed by atoms with Crippen molar-refractivity contribution in [3.63, 3.8) is 0 Å². The lowest BCUT2D eigenvalue weighted by Gasteiger charge is -2.13. The molecule has 0 aliphatic carbocycles. The third kappa shape index (κ3) is 5.19. The van der Waals surface area contributed by atoms with E-state index in [2.05, 4.69) is 10.1 Å². The second-order valence-electron chi connectivity index (χ2n) is 6.21. The van der Waals surface area contributed by atoms with Crippen molar-refractivity contribution in [2.24, 2.45) is 0 Å². The number of rotatable bonds is 5. The number of nitrogens with zero attached hydrogens (tertiary/aromatic N) is 1. The molecule has 3 amide bonds. The highest BCUT2D eigenvalue weighted by Gasteiger charge is 2.36. The molecule has 11 heteroatoms. The van der Waals surface area contributed by atoms with Gasteiger partial charge in [0.25, 0.3) is 11.1 Å². The molecular formula is C20H14Cl2N2O6S. The first-order valence-corrected chi connectivity index (χ1v) is 10.2. The number of aromatic hydroxyl groups is 1. The fraction of sp³-hybridized carbons (Fsp3) is 0.100. The first kappa shape index (κ1) is 22.7. The van der Waals surface area contributed by atoms with Gasteiger partial charge in [-0.05, 0) is 53.7 Å². The van der Waals surface area contributed by atoms with Crippen LogP contribution in [-0.4, -0.2) is 46.7 Å². The topological polar surface area (TPSA) is 113 Å². The highest BCUT2D eigenvalue weighted by molar-refractivity contribution is 8.18. The lowest BCUT2D eigenvalue weighted by atomic mass is 10.2. The molecule has 0 unspecified atom stereocenters. The molecule has 8 nitrogen and oxygen atoms in total. The smallest absolute Gasteiger partial charge is 0.339 e. The average Bonchev–Trinajstić information content (AvgIpc) is 2.99. The molecule has 160 valence electrons. The summed E-state index contributed by atoms with van der Waals surface area (Å²) >= 11 is 12.5. The lowest BCUT2D eigenvalue weighted by molar-refractivity contribution is -0.127. The molecule has 1 aliphatic heterocycles. The van der Waals surface area contributed by atoms with E-state index in [1.54, 1.807) is 0 Å². The van der Waals surface area contributed by atoms with Crippen molar-refractivity contribution in [3.8, 4) is 5.75 Å². The molecular weight excluding hydrogens is 467 g/mol. The van der Waals surface area contributed by atoms with E-state index in [1.165, 1.54) is 49.6 Å². The molecule has 0 bridgehead atoms. The number of thioether (sulfide) groups is 1. The molecule has 0 atom stereocenters. The Hall–Kier alpha value is -3.01. The van der Waals surface area contributed by atoms with Gasteiger partial charge in [0.1, 0.15) is 12.3 Å². The van der Waals surface area contributed by atoms with Gasteiger partial charge in [0.05, 0.1) is 27.6 Å². The number of halogens is 2. The van der Waals surface area contributed by atoms with E-state index < -0.39 is 29.6 Å². The van der Waals surface area contributed by atoms with Crippen LogP contribution in [0.4, 0.5) is 10.5 Å². The van der Waals surface area contributed by atoms with Gasteiger partial charge >= 0.3 is 5.97 Å². The summed E-state index contributed by atoms with van der Waals surface area (Å²) in [6, 6.07) is 8.54. The van der Waals surface area contributed by atoms with E-state index in [1.807, 2.05) is 0 Å². The zero-order valence-corrected chi connectivity index (χ0v) is 18.2. The second-order valence-corrected chi connectivity index (χ2v) is 8.02. The second kappa shape index (κ2) is 9.42. The Balaban J connectivity index is 1.71. The molecule has 0 saturated carbocycles. The van der Waals surface area contributed by atoms with Gasteiger partial charge < -0.3 is 15.2 Å². The fourth-order valence-corrected chi connectivity index (χ4v) is 3.84. The molecule has 3 rings (SSSR count). The molecule has 2 aromatic carbocycles. The average molecular weight is 481 g/mol. The summed E-state index contributed by atoms with van der Waals surface area (Å²) < 4.78 is 4.62. The van der Waals surface area contributed by atoms with Crippen molar-refractivity contribution >= 4 is 69.8 Å². The maximum atomic E-state index is 12.6. The van der Waals surface area contributed by atoms with Crippen molar-refractivity contribution in [1.82, 2.24) is 4.90 Å². The Morgan fingerprint density at radius 1 is 1.16 bits per heavy atom. The van der Waals surface area contributed by atoms with Crippen LogP contribution in [0, 0.1) is 0 Å². The third-order valence-corrected chi connectivity index (χ3v) is 5.64. The number of esters is 1. The quantitative estimate of drug-likeness (QED) is 0.487. The van der Waals surface area contributed by atoms with Gasteiger partial charge in [-0.3, -0.25) is 19.3 Å². The van der Waals surface area contributed by atoms with Gasteiger partial charge in [0, 0.05) is 5.69 Å². The number of hydrogen-bond acceptors (Lipinski definition) is 7. The summed E-state index contributed by atoms with van der Waals surface area (Å²) in [4.78, 5) is 49.8. The molecule has 2 N–H and O–H groups in total. The maximum Gasteiger partial charge on any atom is 0.339 e. The van der Waals surface area contributed by atoms with Gasteiger partial charge in [-0.15, -0.1) is 0 Å². The number of imide groups is 1. The highest BCUT2D eigenvalue weighted by atomic mass is 35.5. The third-order valence-electron chi connectivity index (χ3n) is 4.10. The molecule has 0 radical (unpaired) electrons. The van der Waals surface area contributed by atoms with Crippen LogP contribution in [0.25, 0.3) is 6.08 Å². The first-order valence-electron chi connectivity index (χ1n) is 8.61. The summed E-state index contributed by atoms with van der Waals surface area (Å²) in [5, 5.41) is 11.6. The molecule has 2 aromatic rings. The van der Waals surface area contributed by atoms with E-state index in [4.69, 9.17) is 23.2 Å². The van der Waals surface area contributed by atoms with Crippen molar-refractivity contribution in [2.75, 3.05) is 19.0 Å². The Morgan fingerprint density at radius 3 is 2.58 bits per heavy atom. The number of amides is 3. The lowest BCUT2D eigenvalue weighted by Crippen LogP contribution is -2.36. The van der Waals surface area contributed by atoms with Gasteiger partial charge in [0.2, 0.25) is 5.91 Å². The minimum Gasteiger partial charge on any atom is -0.506 e. The highest BCUT2D eigenvalue weighted by Crippen LogP contribution is 2.33.